The van der Waals surface area contributed by atoms with Crippen molar-refractivity contribution >= 4 is 5.57 Å². The Morgan fingerprint density at radius 2 is 1.39 bits per heavy atom. The van der Waals surface area contributed by atoms with E-state index in [4.69, 9.17) is 0 Å². The van der Waals surface area contributed by atoms with Crippen molar-refractivity contribution in [2.45, 2.75) is 18.8 Å². The molecule has 2 aromatic carbocycles. The molecule has 1 aromatic heterocycles. The van der Waals surface area contributed by atoms with Crippen molar-refractivity contribution in [1.29, 1.82) is 0 Å². The third-order valence-corrected chi connectivity index (χ3v) is 4.41. The number of fused-ring (bicyclic) bond motifs is 1. The first-order valence-corrected chi connectivity index (χ1v) is 8.00. The van der Waals surface area contributed by atoms with E-state index in [0.717, 1.165) is 24.2 Å². The van der Waals surface area contributed by atoms with E-state index < -0.39 is 0 Å². The Morgan fingerprint density at radius 3 is 2.13 bits per heavy atom. The number of hydrogen-bond donors (Lipinski definition) is 0. The highest BCUT2D eigenvalue weighted by Gasteiger charge is 2.20. The lowest BCUT2D eigenvalue weighted by molar-refractivity contribution is 0.801. The largest absolute Gasteiger partial charge is 0.258 e. The molecule has 1 aliphatic carbocycles. The van der Waals surface area contributed by atoms with Crippen LogP contribution in [0.4, 0.5) is 0 Å². The van der Waals surface area contributed by atoms with Crippen LogP contribution in [0.2, 0.25) is 0 Å². The predicted molar refractivity (Wildman–Crippen MR) is 93.0 cm³/mol. The zero-order chi connectivity index (χ0) is 15.5. The van der Waals surface area contributed by atoms with E-state index in [2.05, 4.69) is 76.7 Å². The summed E-state index contributed by atoms with van der Waals surface area (Å²) in [5.74, 6) is 0.337. The number of benzene rings is 2. The molecular formula is C21H18N2. The maximum atomic E-state index is 4.59. The standard InChI is InChI=1S/C21H18N2/c1-3-7-16(8-4-1)18-13-19(17-9-5-2-6-10-17)15-21-20(14-18)22-11-12-23-21/h1-13,18H,14-15H2. The second-order valence-electron chi connectivity index (χ2n) is 5.91. The monoisotopic (exact) mass is 298 g/mol. The van der Waals surface area contributed by atoms with Crippen LogP contribution in [0.5, 0.6) is 0 Å². The molecule has 23 heavy (non-hydrogen) atoms. The van der Waals surface area contributed by atoms with E-state index in [0.29, 0.717) is 5.92 Å². The first-order valence-electron chi connectivity index (χ1n) is 8.00. The van der Waals surface area contributed by atoms with Crippen molar-refractivity contribution < 1.29 is 0 Å². The van der Waals surface area contributed by atoms with Gasteiger partial charge in [-0.25, -0.2) is 0 Å². The minimum Gasteiger partial charge on any atom is -0.258 e. The molecule has 1 aliphatic rings. The molecule has 0 spiro atoms. The maximum Gasteiger partial charge on any atom is 0.0662 e. The summed E-state index contributed by atoms with van der Waals surface area (Å²) in [7, 11) is 0. The Labute approximate surface area is 136 Å². The summed E-state index contributed by atoms with van der Waals surface area (Å²) in [6.07, 6.45) is 7.74. The molecule has 1 unspecified atom stereocenters. The summed E-state index contributed by atoms with van der Waals surface area (Å²) in [6, 6.07) is 21.3. The molecule has 0 saturated heterocycles. The van der Waals surface area contributed by atoms with Crippen LogP contribution in [-0.4, -0.2) is 9.97 Å². The Kier molecular flexibility index (Phi) is 3.73. The number of rotatable bonds is 2. The topological polar surface area (TPSA) is 25.8 Å². The Hall–Kier alpha value is -2.74. The first kappa shape index (κ1) is 13.9. The van der Waals surface area contributed by atoms with Crippen molar-refractivity contribution in [2.75, 3.05) is 0 Å². The van der Waals surface area contributed by atoms with Crippen LogP contribution < -0.4 is 0 Å². The number of allylic oxidation sites excluding steroid dienone is 2. The highest BCUT2D eigenvalue weighted by atomic mass is 14.8. The molecule has 0 aliphatic heterocycles. The van der Waals surface area contributed by atoms with Crippen LogP contribution in [0.15, 0.2) is 79.1 Å². The SMILES string of the molecule is C1=C(c2ccccc2)Cc2nccnc2CC1c1ccccc1. The summed E-state index contributed by atoms with van der Waals surface area (Å²) < 4.78 is 0. The van der Waals surface area contributed by atoms with Crippen molar-refractivity contribution in [3.05, 3.63) is 102 Å². The van der Waals surface area contributed by atoms with Crippen LogP contribution in [0, 0.1) is 0 Å². The van der Waals surface area contributed by atoms with E-state index >= 15 is 0 Å². The Balaban J connectivity index is 1.82. The van der Waals surface area contributed by atoms with Gasteiger partial charge < -0.3 is 0 Å². The zero-order valence-corrected chi connectivity index (χ0v) is 12.9. The van der Waals surface area contributed by atoms with Crippen LogP contribution >= 0.6 is 0 Å². The predicted octanol–water partition coefficient (Wildman–Crippen LogP) is 4.44. The molecule has 2 heteroatoms. The highest BCUT2D eigenvalue weighted by Crippen LogP contribution is 2.32. The lowest BCUT2D eigenvalue weighted by atomic mass is 9.92. The normalized spacial score (nSPS) is 17.0. The van der Waals surface area contributed by atoms with Crippen molar-refractivity contribution in [3.8, 4) is 0 Å². The molecule has 2 nitrogen and oxygen atoms in total. The van der Waals surface area contributed by atoms with Gasteiger partial charge in [-0.05, 0) is 16.7 Å². The third kappa shape index (κ3) is 2.93. The van der Waals surface area contributed by atoms with Gasteiger partial charge in [-0.2, -0.15) is 0 Å². The smallest absolute Gasteiger partial charge is 0.0662 e. The van der Waals surface area contributed by atoms with E-state index in [1.165, 1.54) is 16.7 Å². The van der Waals surface area contributed by atoms with Crippen LogP contribution in [0.25, 0.3) is 5.57 Å². The summed E-state index contributed by atoms with van der Waals surface area (Å²) in [5.41, 5.74) is 6.15. The van der Waals surface area contributed by atoms with E-state index in [9.17, 15) is 0 Å². The second-order valence-corrected chi connectivity index (χ2v) is 5.91. The minimum atomic E-state index is 0.337. The summed E-state index contributed by atoms with van der Waals surface area (Å²) in [5, 5.41) is 0. The summed E-state index contributed by atoms with van der Waals surface area (Å²) in [4.78, 5) is 9.17. The maximum absolute atomic E-state index is 4.59. The van der Waals surface area contributed by atoms with E-state index in [1.54, 1.807) is 12.4 Å². The molecular weight excluding hydrogens is 280 g/mol. The van der Waals surface area contributed by atoms with Crippen molar-refractivity contribution in [3.63, 3.8) is 0 Å². The van der Waals surface area contributed by atoms with E-state index in [-0.39, 0.29) is 0 Å². The molecule has 112 valence electrons. The average molecular weight is 298 g/mol. The fourth-order valence-corrected chi connectivity index (χ4v) is 3.23. The molecule has 0 fully saturated rings. The molecule has 4 rings (SSSR count). The zero-order valence-electron chi connectivity index (χ0n) is 12.9. The van der Waals surface area contributed by atoms with Gasteiger partial charge in [0.1, 0.15) is 0 Å². The van der Waals surface area contributed by atoms with Crippen LogP contribution in [0.1, 0.15) is 28.4 Å². The molecule has 0 radical (unpaired) electrons. The number of nitrogens with zero attached hydrogens (tertiary/aromatic N) is 2. The average Bonchev–Trinajstić information content (AvgIpc) is 2.83. The number of hydrogen-bond acceptors (Lipinski definition) is 2. The summed E-state index contributed by atoms with van der Waals surface area (Å²) >= 11 is 0. The van der Waals surface area contributed by atoms with Gasteiger partial charge in [-0.3, -0.25) is 9.97 Å². The molecule has 1 atom stereocenters. The number of aromatic nitrogens is 2. The van der Waals surface area contributed by atoms with Crippen molar-refractivity contribution in [2.24, 2.45) is 0 Å². The lowest BCUT2D eigenvalue weighted by Crippen LogP contribution is -2.03. The fraction of sp³-hybridized carbons (Fsp3) is 0.143. The molecule has 1 heterocycles. The van der Waals surface area contributed by atoms with Gasteiger partial charge in [-0.15, -0.1) is 0 Å². The van der Waals surface area contributed by atoms with Gasteiger partial charge in [0.05, 0.1) is 11.4 Å². The van der Waals surface area contributed by atoms with Crippen LogP contribution in [0.3, 0.4) is 0 Å². The first-order chi connectivity index (χ1) is 11.4. The molecule has 0 amide bonds. The van der Waals surface area contributed by atoms with Crippen LogP contribution in [-0.2, 0) is 12.8 Å². The van der Waals surface area contributed by atoms with E-state index in [1.807, 2.05) is 0 Å². The Bertz CT molecular complexity index is 823. The Morgan fingerprint density at radius 1 is 0.739 bits per heavy atom. The van der Waals surface area contributed by atoms with Gasteiger partial charge >= 0.3 is 0 Å². The third-order valence-electron chi connectivity index (χ3n) is 4.41. The quantitative estimate of drug-likeness (QED) is 0.699. The summed E-state index contributed by atoms with van der Waals surface area (Å²) in [6.45, 7) is 0. The molecule has 0 bridgehead atoms. The lowest BCUT2D eigenvalue weighted by Gasteiger charge is -2.13. The second kappa shape index (κ2) is 6.17. The molecule has 3 aromatic rings. The van der Waals surface area contributed by atoms with Crippen molar-refractivity contribution in [1.82, 2.24) is 9.97 Å². The van der Waals surface area contributed by atoms with Gasteiger partial charge in [0.15, 0.2) is 0 Å². The van der Waals surface area contributed by atoms with Gasteiger partial charge in [0.25, 0.3) is 0 Å². The van der Waals surface area contributed by atoms with Gasteiger partial charge in [0, 0.05) is 31.2 Å². The molecule has 0 N–H and O–H groups in total. The molecule has 0 saturated carbocycles. The minimum absolute atomic E-state index is 0.337. The highest BCUT2D eigenvalue weighted by molar-refractivity contribution is 5.69. The fourth-order valence-electron chi connectivity index (χ4n) is 3.23. The van der Waals surface area contributed by atoms with Gasteiger partial charge in [0.2, 0.25) is 0 Å². The van der Waals surface area contributed by atoms with Gasteiger partial charge in [-0.1, -0.05) is 66.7 Å².